The van der Waals surface area contributed by atoms with Crippen molar-refractivity contribution in [2.75, 3.05) is 0 Å². The van der Waals surface area contributed by atoms with E-state index >= 15 is 0 Å². The molecule has 4 rings (SSSR count). The Kier molecular flexibility index (Phi) is 7.72. The van der Waals surface area contributed by atoms with Crippen molar-refractivity contribution in [2.45, 2.75) is 80.1 Å². The van der Waals surface area contributed by atoms with Crippen LogP contribution in [0.2, 0.25) is 6.04 Å². The van der Waals surface area contributed by atoms with Gasteiger partial charge in [-0.15, -0.1) is 0 Å². The Labute approximate surface area is 209 Å². The van der Waals surface area contributed by atoms with Crippen LogP contribution in [0.25, 0.3) is 12.2 Å². The molecule has 2 unspecified atom stereocenters. The zero-order valence-corrected chi connectivity index (χ0v) is 27.1. The monoisotopic (exact) mass is 664 g/mol. The molecule has 2 aromatic rings. The fraction of sp³-hybridized carbons (Fsp3) is 0.448. The molecular formula is C29H38Cl2HfSi. The zero-order chi connectivity index (χ0) is 23.8. The maximum absolute atomic E-state index is 8.21. The summed E-state index contributed by atoms with van der Waals surface area (Å²) in [5.41, 5.74) is 11.5. The predicted octanol–water partition coefficient (Wildman–Crippen LogP) is 8.95. The summed E-state index contributed by atoms with van der Waals surface area (Å²) in [7, 11) is 16.4. The van der Waals surface area contributed by atoms with Crippen LogP contribution in [0.3, 0.4) is 0 Å². The molecule has 176 valence electrons. The first-order valence-corrected chi connectivity index (χ1v) is 33.6. The summed E-state index contributed by atoms with van der Waals surface area (Å²) < 4.78 is 0.442. The fourth-order valence-electron chi connectivity index (χ4n) is 6.18. The normalized spacial score (nSPS) is 19.2. The average Bonchev–Trinajstić information content (AvgIpc) is 3.48. The Balaban J connectivity index is 2.01. The van der Waals surface area contributed by atoms with Gasteiger partial charge in [0.1, 0.15) is 0 Å². The molecule has 0 aliphatic heterocycles. The van der Waals surface area contributed by atoms with E-state index in [2.05, 4.69) is 83.2 Å². The number of hydrogen-bond donors (Lipinski definition) is 0. The van der Waals surface area contributed by atoms with Gasteiger partial charge in [0, 0.05) is 0 Å². The number of fused-ring (bicyclic) bond motifs is 2. The molecule has 33 heavy (non-hydrogen) atoms. The van der Waals surface area contributed by atoms with E-state index in [0.717, 1.165) is 25.7 Å². The van der Waals surface area contributed by atoms with Gasteiger partial charge in [0.05, 0.1) is 0 Å². The minimum absolute atomic E-state index is 0.00870. The molecule has 0 saturated heterocycles. The van der Waals surface area contributed by atoms with Crippen LogP contribution in [-0.2, 0) is 40.4 Å². The molecule has 2 aromatic carbocycles. The number of allylic oxidation sites excluding steroid dienone is 2. The number of halogens is 2. The summed E-state index contributed by atoms with van der Waals surface area (Å²) in [5.74, 6) is 0. The first kappa shape index (κ1) is 25.7. The third kappa shape index (κ3) is 4.15. The molecule has 0 N–H and O–H groups in total. The summed E-state index contributed by atoms with van der Waals surface area (Å²) in [6.07, 6.45) is 14.9. The Morgan fingerprint density at radius 2 is 1.06 bits per heavy atom. The van der Waals surface area contributed by atoms with Crippen molar-refractivity contribution >= 4 is 35.5 Å². The standard InChI is InChI=1S/2C13H15.C3H8Si.2ClH.Hf/c2*1-3-10-8-9-11(4-2)13-7-5-6-12(10)13;1-2-3-4;;;/h2*5-9H,3-4H2,1-2H3;4H,2-3H2,1H3;2*1H;/q;;;;;+2/p-2. The van der Waals surface area contributed by atoms with Gasteiger partial charge in [-0.3, -0.25) is 0 Å². The van der Waals surface area contributed by atoms with E-state index in [4.69, 9.17) is 17.2 Å². The summed E-state index contributed by atoms with van der Waals surface area (Å²) in [5, 5.41) is 0. The molecule has 0 amide bonds. The van der Waals surface area contributed by atoms with E-state index in [1.165, 1.54) is 57.0 Å². The van der Waals surface area contributed by atoms with Crippen molar-refractivity contribution in [3.8, 4) is 0 Å². The van der Waals surface area contributed by atoms with Crippen molar-refractivity contribution in [1.82, 2.24) is 0 Å². The zero-order valence-electron chi connectivity index (χ0n) is 20.8. The second kappa shape index (κ2) is 9.92. The average molecular weight is 664 g/mol. The van der Waals surface area contributed by atoms with Crippen molar-refractivity contribution in [1.29, 1.82) is 0 Å². The first-order valence-electron chi connectivity index (χ1n) is 12.9. The Morgan fingerprint density at radius 3 is 1.42 bits per heavy atom. The second-order valence-corrected chi connectivity index (χ2v) is 60.0. The van der Waals surface area contributed by atoms with Crippen LogP contribution in [0.5, 0.6) is 0 Å². The van der Waals surface area contributed by atoms with Crippen molar-refractivity contribution in [2.24, 2.45) is 0 Å². The molecule has 2 aliphatic rings. The van der Waals surface area contributed by atoms with E-state index in [0.29, 0.717) is 0 Å². The molecule has 0 heterocycles. The van der Waals surface area contributed by atoms with Crippen molar-refractivity contribution < 1.29 is 14.8 Å². The topological polar surface area (TPSA) is 0 Å². The van der Waals surface area contributed by atoms with Crippen LogP contribution in [0, 0.1) is 0 Å². The molecule has 0 nitrogen and oxygen atoms in total. The Morgan fingerprint density at radius 1 is 0.667 bits per heavy atom. The third-order valence-corrected chi connectivity index (χ3v) is 54.3. The Bertz CT molecular complexity index is 1120. The summed E-state index contributed by atoms with van der Waals surface area (Å²) in [6, 6.07) is 10.5. The molecule has 4 heteroatoms. The van der Waals surface area contributed by atoms with Gasteiger partial charge in [-0.05, 0) is 0 Å². The number of hydrogen-bond acceptors (Lipinski definition) is 0. The van der Waals surface area contributed by atoms with Crippen LogP contribution < -0.4 is 0 Å². The van der Waals surface area contributed by atoms with Gasteiger partial charge < -0.3 is 0 Å². The minimum atomic E-state index is -4.56. The van der Waals surface area contributed by atoms with E-state index in [9.17, 15) is 0 Å². The molecule has 0 spiro atoms. The van der Waals surface area contributed by atoms with Crippen LogP contribution in [0.15, 0.2) is 36.4 Å². The van der Waals surface area contributed by atoms with Gasteiger partial charge in [0.25, 0.3) is 0 Å². The van der Waals surface area contributed by atoms with E-state index < -0.39 is 14.8 Å². The third-order valence-electron chi connectivity index (χ3n) is 8.00. The quantitative estimate of drug-likeness (QED) is 0.248. The van der Waals surface area contributed by atoms with Crippen molar-refractivity contribution in [3.05, 3.63) is 80.9 Å². The van der Waals surface area contributed by atoms with Gasteiger partial charge in [0.15, 0.2) is 0 Å². The molecule has 0 aromatic heterocycles. The molecule has 0 saturated carbocycles. The Hall–Kier alpha value is -0.413. The molecule has 2 aliphatic carbocycles. The number of aryl methyl sites for hydroxylation is 4. The fourth-order valence-corrected chi connectivity index (χ4v) is 49.1. The predicted molar refractivity (Wildman–Crippen MR) is 148 cm³/mol. The first-order chi connectivity index (χ1) is 15.8. The van der Waals surface area contributed by atoms with Gasteiger partial charge in [-0.25, -0.2) is 0 Å². The summed E-state index contributed by atoms with van der Waals surface area (Å²) >= 11 is -4.56. The van der Waals surface area contributed by atoms with E-state index in [-0.39, 0.29) is 13.6 Å². The van der Waals surface area contributed by atoms with E-state index in [1.54, 1.807) is 0 Å². The van der Waals surface area contributed by atoms with E-state index in [1.807, 2.05) is 0 Å². The number of benzene rings is 2. The van der Waals surface area contributed by atoms with Gasteiger partial charge in [-0.1, -0.05) is 0 Å². The summed E-state index contributed by atoms with van der Waals surface area (Å²) in [6.45, 7) is 11.4. The second-order valence-electron chi connectivity index (χ2n) is 9.73. The number of rotatable bonds is 8. The van der Waals surface area contributed by atoms with Gasteiger partial charge in [0.2, 0.25) is 0 Å². The molecular weight excluding hydrogens is 626 g/mol. The van der Waals surface area contributed by atoms with Crippen molar-refractivity contribution in [3.63, 3.8) is 0 Å². The van der Waals surface area contributed by atoms with Crippen LogP contribution >= 0.6 is 17.2 Å². The molecule has 0 fully saturated rings. The van der Waals surface area contributed by atoms with Gasteiger partial charge in [-0.2, -0.15) is 0 Å². The van der Waals surface area contributed by atoms with Crippen LogP contribution in [0.4, 0.5) is 0 Å². The molecule has 0 radical (unpaired) electrons. The van der Waals surface area contributed by atoms with Crippen LogP contribution in [0.1, 0.15) is 92.9 Å². The van der Waals surface area contributed by atoms with Crippen LogP contribution in [-0.4, -0.2) is 6.22 Å². The maximum atomic E-state index is 8.21. The summed E-state index contributed by atoms with van der Waals surface area (Å²) in [4.78, 5) is 0. The van der Waals surface area contributed by atoms with Gasteiger partial charge >= 0.3 is 211 Å². The molecule has 0 bridgehead atoms. The SMILES string of the molecule is CCC[SiH]=[Hf]([Cl])([Cl])([CH]1C=Cc2c(CC)ccc(CC)c21)[CH]1C=Cc2c(CC)ccc(CC)c21. The molecule has 2 atom stereocenters.